The van der Waals surface area contributed by atoms with E-state index >= 15 is 0 Å². The summed E-state index contributed by atoms with van der Waals surface area (Å²) in [6, 6.07) is 145. The number of para-hydroxylation sites is 2. The van der Waals surface area contributed by atoms with Crippen LogP contribution in [0.2, 0.25) is 0 Å². The van der Waals surface area contributed by atoms with Gasteiger partial charge in [0.25, 0.3) is 0 Å². The highest BCUT2D eigenvalue weighted by molar-refractivity contribution is 5.83. The van der Waals surface area contributed by atoms with Gasteiger partial charge in [-0.15, -0.1) is 0 Å². The number of methoxy groups -OCH3 is 2. The first-order valence-electron chi connectivity index (χ1n) is 55.8. The molecular weight excluding hydrogens is 1790 g/mol. The predicted molar refractivity (Wildman–Crippen MR) is 631 cm³/mol. The molecule has 3 unspecified atom stereocenters. The van der Waals surface area contributed by atoms with Crippen LogP contribution in [0.5, 0.6) is 11.5 Å². The molecule has 0 aliphatic heterocycles. The van der Waals surface area contributed by atoms with E-state index in [0.29, 0.717) is 0 Å². The van der Waals surface area contributed by atoms with Crippen LogP contribution in [0.25, 0.3) is 21.9 Å². The monoisotopic (exact) mass is 1960 g/mol. The third-order valence-corrected chi connectivity index (χ3v) is 27.5. The summed E-state index contributed by atoms with van der Waals surface area (Å²) in [5.41, 5.74) is 31.0. The SMILES string of the molecule is CCCC(O)c1cccc(CCCCc2ccccc2)c1.CCCC(O)c1cccc(CCc2ccccc2)c1.CCCC(O)c1cccc(CCc2ccccc2OC)c1.CCCCc1cccc(CCCCc2ccccc2)c1.CCCCc1cccc(CCc2ccc3ccccc3c2)c1.CCCCc1cccc(CCc2cccc(-c3ccccc3)c2)c1.CCCCc1cccc(CCc2ccccc2OC)c1. The summed E-state index contributed by atoms with van der Waals surface area (Å²) in [6.45, 7) is 15.3. The van der Waals surface area contributed by atoms with Gasteiger partial charge in [0, 0.05) is 0 Å². The minimum atomic E-state index is -0.346. The van der Waals surface area contributed by atoms with Crippen molar-refractivity contribution in [3.8, 4) is 22.6 Å². The molecule has 16 aromatic rings. The second-order valence-corrected chi connectivity index (χ2v) is 39.6. The number of rotatable bonds is 49. The molecule has 0 aliphatic carbocycles. The lowest BCUT2D eigenvalue weighted by molar-refractivity contribution is 0.166. The van der Waals surface area contributed by atoms with Crippen molar-refractivity contribution in [3.05, 3.63) is 523 Å². The Morgan fingerprint density at radius 2 is 0.401 bits per heavy atom. The van der Waals surface area contributed by atoms with E-state index < -0.39 is 0 Å². The van der Waals surface area contributed by atoms with Gasteiger partial charge in [-0.2, -0.15) is 0 Å². The average molecular weight is 1960 g/mol. The quantitative estimate of drug-likeness (QED) is 0.0331. The highest BCUT2D eigenvalue weighted by Crippen LogP contribution is 2.30. The Hall–Kier alpha value is -12.7. The van der Waals surface area contributed by atoms with Crippen LogP contribution in [0, 0.1) is 0 Å². The Bertz CT molecular complexity index is 6200. The Labute approximate surface area is 887 Å². The molecule has 0 bridgehead atoms. The second-order valence-electron chi connectivity index (χ2n) is 39.6. The van der Waals surface area contributed by atoms with Crippen molar-refractivity contribution in [2.45, 2.75) is 298 Å². The molecule has 770 valence electrons. The maximum absolute atomic E-state index is 10.1. The Kier molecular flexibility index (Phi) is 55.5. The van der Waals surface area contributed by atoms with E-state index in [0.717, 1.165) is 144 Å². The first-order chi connectivity index (χ1) is 72.2. The summed E-state index contributed by atoms with van der Waals surface area (Å²) in [6.07, 6.45) is 39.7. The molecule has 0 aromatic heterocycles. The van der Waals surface area contributed by atoms with Gasteiger partial charge in [-0.3, -0.25) is 0 Å². The molecule has 5 nitrogen and oxygen atoms in total. The summed E-state index contributed by atoms with van der Waals surface area (Å²) in [5.74, 6) is 1.94. The number of aryl methyl sites for hydroxylation is 18. The molecule has 0 fully saturated rings. The summed E-state index contributed by atoms with van der Waals surface area (Å²) in [5, 5.41) is 32.9. The number of ether oxygens (including phenoxy) is 2. The van der Waals surface area contributed by atoms with Gasteiger partial charge in [0.1, 0.15) is 11.5 Å². The van der Waals surface area contributed by atoms with Crippen LogP contribution in [-0.2, 0) is 116 Å². The minimum absolute atomic E-state index is 0.306. The number of fused-ring (bicyclic) bond motifs is 1. The van der Waals surface area contributed by atoms with E-state index in [1.807, 2.05) is 60.7 Å². The number of aliphatic hydroxyl groups is 3. The predicted octanol–water partition coefficient (Wildman–Crippen LogP) is 36.6. The summed E-state index contributed by atoms with van der Waals surface area (Å²) in [4.78, 5) is 0. The van der Waals surface area contributed by atoms with Crippen LogP contribution in [0.1, 0.15) is 299 Å². The molecule has 3 atom stereocenters. The first-order valence-corrected chi connectivity index (χ1v) is 55.8. The van der Waals surface area contributed by atoms with Gasteiger partial charge in [0.2, 0.25) is 0 Å². The topological polar surface area (TPSA) is 79.2 Å². The smallest absolute Gasteiger partial charge is 0.122 e. The fourth-order valence-electron chi connectivity index (χ4n) is 18.9. The lowest BCUT2D eigenvalue weighted by Gasteiger charge is -2.12. The van der Waals surface area contributed by atoms with Crippen LogP contribution in [-0.4, -0.2) is 29.5 Å². The van der Waals surface area contributed by atoms with Crippen molar-refractivity contribution in [2.75, 3.05) is 14.2 Å². The largest absolute Gasteiger partial charge is 0.496 e. The zero-order valence-electron chi connectivity index (χ0n) is 90.5. The van der Waals surface area contributed by atoms with Gasteiger partial charge in [-0.25, -0.2) is 0 Å². The molecule has 147 heavy (non-hydrogen) atoms. The number of hydrogen-bond donors (Lipinski definition) is 3. The van der Waals surface area contributed by atoms with E-state index in [1.165, 1.54) is 238 Å². The van der Waals surface area contributed by atoms with Gasteiger partial charge >= 0.3 is 0 Å². The summed E-state index contributed by atoms with van der Waals surface area (Å²) in [7, 11) is 3.45. The normalized spacial score (nSPS) is 11.3. The van der Waals surface area contributed by atoms with Crippen molar-refractivity contribution in [1.29, 1.82) is 0 Å². The fourth-order valence-corrected chi connectivity index (χ4v) is 18.9. The molecule has 3 N–H and O–H groups in total. The number of hydrogen-bond acceptors (Lipinski definition) is 5. The van der Waals surface area contributed by atoms with Gasteiger partial charge in [-0.1, -0.05) is 488 Å². The molecule has 0 spiro atoms. The van der Waals surface area contributed by atoms with Crippen molar-refractivity contribution in [1.82, 2.24) is 0 Å². The number of unbranched alkanes of at least 4 members (excludes halogenated alkanes) is 6. The molecule has 0 heterocycles. The van der Waals surface area contributed by atoms with Crippen molar-refractivity contribution in [2.24, 2.45) is 0 Å². The van der Waals surface area contributed by atoms with Crippen LogP contribution >= 0.6 is 0 Å². The van der Waals surface area contributed by atoms with Gasteiger partial charge in [0.15, 0.2) is 0 Å². The maximum Gasteiger partial charge on any atom is 0.122 e. The molecule has 0 amide bonds. The fraction of sp³-hybridized carbons (Fsp3) is 0.338. The van der Waals surface area contributed by atoms with Crippen LogP contribution in [0.15, 0.2) is 406 Å². The van der Waals surface area contributed by atoms with Crippen LogP contribution < -0.4 is 9.47 Å². The van der Waals surface area contributed by atoms with Gasteiger partial charge in [0.05, 0.1) is 32.5 Å². The van der Waals surface area contributed by atoms with Crippen molar-refractivity contribution in [3.63, 3.8) is 0 Å². The molecule has 0 aliphatic rings. The van der Waals surface area contributed by atoms with Crippen molar-refractivity contribution < 1.29 is 24.8 Å². The first kappa shape index (κ1) is 116. The molecule has 16 rings (SSSR count). The molecular formula is C142H172O5. The Balaban J connectivity index is 0.000000176. The average Bonchev–Trinajstić information content (AvgIpc) is 0.839. The molecule has 0 saturated carbocycles. The Morgan fingerprint density at radius 1 is 0.170 bits per heavy atom. The highest BCUT2D eigenvalue weighted by atomic mass is 16.5. The third-order valence-electron chi connectivity index (χ3n) is 27.5. The molecule has 0 radical (unpaired) electrons. The number of aliphatic hydroxyl groups excluding tert-OH is 3. The van der Waals surface area contributed by atoms with Crippen LogP contribution in [0.3, 0.4) is 0 Å². The van der Waals surface area contributed by atoms with E-state index in [-0.39, 0.29) is 18.3 Å². The van der Waals surface area contributed by atoms with E-state index in [4.69, 9.17) is 9.47 Å². The Morgan fingerprint density at radius 3 is 0.741 bits per heavy atom. The zero-order chi connectivity index (χ0) is 104. The molecule has 5 heteroatoms. The minimum Gasteiger partial charge on any atom is -0.496 e. The summed E-state index contributed by atoms with van der Waals surface area (Å²) < 4.78 is 10.8. The van der Waals surface area contributed by atoms with Crippen LogP contribution in [0.4, 0.5) is 0 Å². The van der Waals surface area contributed by atoms with E-state index in [1.54, 1.807) is 14.2 Å². The maximum atomic E-state index is 10.1. The number of benzene rings is 16. The van der Waals surface area contributed by atoms with Gasteiger partial charge in [-0.05, 0) is 337 Å². The van der Waals surface area contributed by atoms with Crippen molar-refractivity contribution >= 4 is 10.8 Å². The lowest BCUT2D eigenvalue weighted by Crippen LogP contribution is -1.99. The third kappa shape index (κ3) is 45.2. The summed E-state index contributed by atoms with van der Waals surface area (Å²) >= 11 is 0. The standard InChI is InChI=1S/C24H26.C22H24.C20H26O.C20H26.C19H24O2.C19H24O.C18H22O/c1-2-3-9-20-10-7-11-21(18-20)16-17-22-12-8-15-24(19-22)23-13-5-4-6-14-23;1-2-3-7-18-8-6-9-19(16-18)12-13-20-14-15-21-10-4-5-11-22(21)17-20;1-2-9-20(21)19-15-8-14-18(16-19)13-7-6-12-17-10-4-3-5-11-17;1-2-3-10-19-15-9-16-20(17-19)14-8-7-13-18-11-5-4-6-12-18;1-3-7-18(20)17-10-6-8-15(14-17)12-13-16-9-4-5-11-19(16)21-2;1-3-4-8-16-9-7-10-17(15-16)13-14-18-11-5-6-12-19(18)20-2;1-2-7-18(19)17-11-6-10-16(14-17)13-12-15-8-4-3-5-9-15/h4-8,10-15,18-19H,2-3,9,16-17H2,1H3;4-6,8-11,14-17H,2-3,7,12-13H2,1H3;3-5,8,10-11,14-16,20-21H,2,6-7,9,12-13H2,1H3;4-6,9,11-12,15-17H,2-3,7-8,10,13-14H2,1H3;4-6,8-11,14,18,20H,3,7,12-13H2,1-2H3;5-7,9-12,15H,3-4,8,13-14H2,1-2H3;3-6,8-11,14,18-19H,2,7,12-13H2,1H3. The van der Waals surface area contributed by atoms with Gasteiger partial charge < -0.3 is 24.8 Å². The second kappa shape index (κ2) is 70.2. The van der Waals surface area contributed by atoms with E-state index in [9.17, 15) is 15.3 Å². The molecule has 16 aromatic carbocycles. The zero-order valence-corrected chi connectivity index (χ0v) is 90.5. The molecule has 0 saturated heterocycles. The lowest BCUT2D eigenvalue weighted by atomic mass is 9.98. The highest BCUT2D eigenvalue weighted by Gasteiger charge is 2.14. The van der Waals surface area contributed by atoms with E-state index in [2.05, 4.69) is 394 Å².